The van der Waals surface area contributed by atoms with Gasteiger partial charge < -0.3 is 19.2 Å². The Balaban J connectivity index is 1.18. The van der Waals surface area contributed by atoms with Gasteiger partial charge in [-0.1, -0.05) is 18.1 Å². The van der Waals surface area contributed by atoms with Gasteiger partial charge in [-0.25, -0.2) is 0 Å². The lowest BCUT2D eigenvalue weighted by Crippen LogP contribution is -2.50. The van der Waals surface area contributed by atoms with E-state index in [1.54, 1.807) is 9.80 Å². The number of nitrogens with zero attached hydrogens (tertiary/aromatic N) is 5. The predicted octanol–water partition coefficient (Wildman–Crippen LogP) is 4.19. The molecule has 2 amide bonds. The summed E-state index contributed by atoms with van der Waals surface area (Å²) < 4.78 is 5.32. The van der Waals surface area contributed by atoms with Crippen LogP contribution >= 0.6 is 0 Å². The molecule has 5 rings (SSSR count). The van der Waals surface area contributed by atoms with Gasteiger partial charge in [0.1, 0.15) is 0 Å². The Morgan fingerprint density at radius 3 is 2.11 bits per heavy atom. The van der Waals surface area contributed by atoms with Crippen molar-refractivity contribution in [2.75, 3.05) is 44.2 Å². The van der Waals surface area contributed by atoms with Crippen molar-refractivity contribution in [2.45, 2.75) is 33.6 Å². The molecule has 0 radical (unpaired) electrons. The van der Waals surface area contributed by atoms with E-state index in [1.165, 1.54) is 18.5 Å². The minimum absolute atomic E-state index is 0.00668. The fourth-order valence-corrected chi connectivity index (χ4v) is 4.82. The Bertz CT molecular complexity index is 1240. The summed E-state index contributed by atoms with van der Waals surface area (Å²) in [5.74, 6) is 0.865. The number of carbonyl (C=O) groups is 2. The van der Waals surface area contributed by atoms with Gasteiger partial charge in [0, 0.05) is 56.1 Å². The maximum Gasteiger partial charge on any atom is 0.316 e. The van der Waals surface area contributed by atoms with E-state index >= 15 is 0 Å². The van der Waals surface area contributed by atoms with Gasteiger partial charge >= 0.3 is 11.8 Å². The van der Waals surface area contributed by atoms with Crippen LogP contribution < -0.4 is 4.90 Å². The largest absolute Gasteiger partial charge is 0.372 e. The van der Waals surface area contributed by atoms with Gasteiger partial charge in [0.15, 0.2) is 0 Å². The first kappa shape index (κ1) is 24.0. The fraction of sp³-hybridized carbons (Fsp3) is 0.429. The van der Waals surface area contributed by atoms with Crippen LogP contribution in [0.1, 0.15) is 51.9 Å². The van der Waals surface area contributed by atoms with Crippen LogP contribution in [0.25, 0.3) is 11.4 Å². The van der Waals surface area contributed by atoms with Crippen molar-refractivity contribution >= 4 is 17.5 Å². The number of anilines is 1. The molecule has 188 valence electrons. The molecule has 0 bridgehead atoms. The average molecular weight is 488 g/mol. The lowest BCUT2D eigenvalue weighted by molar-refractivity contribution is 0.0508. The van der Waals surface area contributed by atoms with Crippen LogP contribution in [0.4, 0.5) is 5.69 Å². The summed E-state index contributed by atoms with van der Waals surface area (Å²) >= 11 is 0. The fourth-order valence-electron chi connectivity index (χ4n) is 4.82. The third-order valence-corrected chi connectivity index (χ3v) is 7.49. The van der Waals surface area contributed by atoms with Crippen LogP contribution in [0.2, 0.25) is 0 Å². The first-order valence-electron chi connectivity index (χ1n) is 12.7. The number of hydrogen-bond donors (Lipinski definition) is 0. The van der Waals surface area contributed by atoms with Gasteiger partial charge in [-0.2, -0.15) is 4.98 Å². The van der Waals surface area contributed by atoms with E-state index in [4.69, 9.17) is 4.52 Å². The molecule has 0 N–H and O–H groups in total. The molecule has 2 aliphatic rings. The first-order valence-corrected chi connectivity index (χ1v) is 12.7. The number of benzene rings is 2. The van der Waals surface area contributed by atoms with Crippen LogP contribution in [0.5, 0.6) is 0 Å². The lowest BCUT2D eigenvalue weighted by atomic mass is 9.98. The summed E-state index contributed by atoms with van der Waals surface area (Å²) in [6.45, 7) is 10.3. The molecule has 0 unspecified atom stereocenters. The molecule has 2 fully saturated rings. The van der Waals surface area contributed by atoms with Crippen LogP contribution in [0.15, 0.2) is 47.0 Å². The highest BCUT2D eigenvalue weighted by Gasteiger charge is 2.29. The van der Waals surface area contributed by atoms with Crippen LogP contribution in [0.3, 0.4) is 0 Å². The van der Waals surface area contributed by atoms with Crippen molar-refractivity contribution < 1.29 is 14.1 Å². The predicted molar refractivity (Wildman–Crippen MR) is 138 cm³/mol. The van der Waals surface area contributed by atoms with E-state index in [1.807, 2.05) is 44.2 Å². The Labute approximate surface area is 211 Å². The molecular weight excluding hydrogens is 454 g/mol. The van der Waals surface area contributed by atoms with E-state index in [0.29, 0.717) is 37.6 Å². The van der Waals surface area contributed by atoms with Crippen molar-refractivity contribution in [1.82, 2.24) is 19.9 Å². The van der Waals surface area contributed by atoms with Gasteiger partial charge in [0.2, 0.25) is 5.82 Å². The van der Waals surface area contributed by atoms with Gasteiger partial charge in [-0.15, -0.1) is 0 Å². The van der Waals surface area contributed by atoms with E-state index in [0.717, 1.165) is 35.7 Å². The first-order chi connectivity index (χ1) is 17.4. The maximum atomic E-state index is 13.0. The van der Waals surface area contributed by atoms with Crippen molar-refractivity contribution in [2.24, 2.45) is 5.92 Å². The van der Waals surface area contributed by atoms with Crippen LogP contribution in [-0.2, 0) is 0 Å². The highest BCUT2D eigenvalue weighted by atomic mass is 16.5. The summed E-state index contributed by atoms with van der Waals surface area (Å²) in [7, 11) is 0. The smallest absolute Gasteiger partial charge is 0.316 e. The third-order valence-electron chi connectivity index (χ3n) is 7.49. The maximum absolute atomic E-state index is 13.0. The molecule has 3 aromatic rings. The highest BCUT2D eigenvalue weighted by molar-refractivity contribution is 5.95. The number of aryl methyl sites for hydroxylation is 2. The van der Waals surface area contributed by atoms with Gasteiger partial charge in [-0.05, 0) is 80.1 Å². The normalized spacial score (nSPS) is 16.9. The molecule has 36 heavy (non-hydrogen) atoms. The standard InChI is InChI=1S/C28H33N5O3/c1-19-10-12-31(13-11-19)24-8-6-22(7-9-24)25-29-26(36-30-25)28(35)33-16-14-32(15-17-33)27(34)23-5-4-20(2)21(3)18-23/h4-9,18-19H,10-17H2,1-3H3. The molecule has 0 saturated carbocycles. The number of piperazine rings is 1. The summed E-state index contributed by atoms with van der Waals surface area (Å²) in [4.78, 5) is 36.1. The molecule has 8 nitrogen and oxygen atoms in total. The second-order valence-corrected chi connectivity index (χ2v) is 10.0. The number of aromatic nitrogens is 2. The van der Waals surface area contributed by atoms with E-state index in [-0.39, 0.29) is 17.7 Å². The minimum atomic E-state index is -0.300. The molecule has 2 aliphatic heterocycles. The topological polar surface area (TPSA) is 82.8 Å². The van der Waals surface area contributed by atoms with Crippen molar-refractivity contribution in [1.29, 1.82) is 0 Å². The molecular formula is C28H33N5O3. The quantitative estimate of drug-likeness (QED) is 0.549. The zero-order valence-corrected chi connectivity index (χ0v) is 21.2. The molecule has 0 atom stereocenters. The Hall–Kier alpha value is -3.68. The second-order valence-electron chi connectivity index (χ2n) is 10.0. The average Bonchev–Trinajstić information content (AvgIpc) is 3.40. The summed E-state index contributed by atoms with van der Waals surface area (Å²) in [6, 6.07) is 13.9. The molecule has 3 heterocycles. The SMILES string of the molecule is Cc1ccc(C(=O)N2CCN(C(=O)c3nc(-c4ccc(N5CCC(C)CC5)cc4)no3)CC2)cc1C. The number of rotatable bonds is 4. The number of piperidine rings is 1. The van der Waals surface area contributed by atoms with Gasteiger partial charge in [0.25, 0.3) is 5.91 Å². The monoisotopic (exact) mass is 487 g/mol. The molecule has 2 aromatic carbocycles. The van der Waals surface area contributed by atoms with Gasteiger partial charge in [0.05, 0.1) is 0 Å². The Morgan fingerprint density at radius 1 is 0.833 bits per heavy atom. The van der Waals surface area contributed by atoms with E-state index in [2.05, 4.69) is 34.1 Å². The molecule has 0 aliphatic carbocycles. The second kappa shape index (κ2) is 10.1. The number of hydrogen-bond acceptors (Lipinski definition) is 6. The van der Waals surface area contributed by atoms with Crippen molar-refractivity contribution in [3.05, 3.63) is 65.0 Å². The number of carbonyl (C=O) groups excluding carboxylic acids is 2. The lowest BCUT2D eigenvalue weighted by Gasteiger charge is -2.34. The zero-order chi connectivity index (χ0) is 25.2. The zero-order valence-electron chi connectivity index (χ0n) is 21.2. The van der Waals surface area contributed by atoms with E-state index < -0.39 is 0 Å². The number of amides is 2. The summed E-state index contributed by atoms with van der Waals surface area (Å²) in [5, 5.41) is 4.04. The molecule has 0 spiro atoms. The third kappa shape index (κ3) is 4.98. The minimum Gasteiger partial charge on any atom is -0.372 e. The van der Waals surface area contributed by atoms with Crippen LogP contribution in [-0.4, -0.2) is 71.0 Å². The Kier molecular flexibility index (Phi) is 6.76. The Morgan fingerprint density at radius 2 is 1.47 bits per heavy atom. The molecule has 8 heteroatoms. The summed E-state index contributed by atoms with van der Waals surface area (Å²) in [6.07, 6.45) is 2.43. The van der Waals surface area contributed by atoms with Gasteiger partial charge in [-0.3, -0.25) is 9.59 Å². The van der Waals surface area contributed by atoms with Crippen molar-refractivity contribution in [3.8, 4) is 11.4 Å². The van der Waals surface area contributed by atoms with Crippen LogP contribution in [0, 0.1) is 19.8 Å². The van der Waals surface area contributed by atoms with E-state index in [9.17, 15) is 9.59 Å². The molecule has 1 aromatic heterocycles. The highest BCUT2D eigenvalue weighted by Crippen LogP contribution is 2.26. The van der Waals surface area contributed by atoms with Crippen molar-refractivity contribution in [3.63, 3.8) is 0 Å². The summed E-state index contributed by atoms with van der Waals surface area (Å²) in [5.41, 5.74) is 4.95. The molecule has 2 saturated heterocycles.